The summed E-state index contributed by atoms with van der Waals surface area (Å²) in [6, 6.07) is 0. The van der Waals surface area contributed by atoms with Gasteiger partial charge in [-0.1, -0.05) is 0 Å². The smallest absolute Gasteiger partial charge is 0.135 e. The minimum atomic E-state index is -0.867. The van der Waals surface area contributed by atoms with E-state index in [9.17, 15) is 9.90 Å². The lowest BCUT2D eigenvalue weighted by molar-refractivity contribution is -0.127. The molecule has 14 heavy (non-hydrogen) atoms. The minimum absolute atomic E-state index is 0.0802. The van der Waals surface area contributed by atoms with Gasteiger partial charge in [0.1, 0.15) is 5.78 Å². The Morgan fingerprint density at radius 1 is 1.50 bits per heavy atom. The monoisotopic (exact) mass is 240 g/mol. The second-order valence-corrected chi connectivity index (χ2v) is 4.67. The molecule has 1 aliphatic carbocycles. The van der Waals surface area contributed by atoms with Crippen molar-refractivity contribution in [1.82, 2.24) is 0 Å². The maximum absolute atomic E-state index is 11.2. The number of rotatable bonds is 2. The molecule has 1 saturated carbocycles. The molecule has 0 radical (unpaired) electrons. The zero-order valence-electron chi connectivity index (χ0n) is 8.11. The lowest BCUT2D eigenvalue weighted by Gasteiger charge is -2.38. The van der Waals surface area contributed by atoms with E-state index in [0.29, 0.717) is 6.42 Å². The third kappa shape index (κ3) is 2.22. The van der Waals surface area contributed by atoms with Gasteiger partial charge in [-0.3, -0.25) is 4.79 Å². The van der Waals surface area contributed by atoms with Crippen LogP contribution in [0.15, 0.2) is 0 Å². The largest absolute Gasteiger partial charge is 0.391 e. The molecule has 5 unspecified atom stereocenters. The highest BCUT2D eigenvalue weighted by molar-refractivity contribution is 6.25. The molecule has 3 nitrogen and oxygen atoms in total. The third-order valence-electron chi connectivity index (χ3n) is 2.68. The molecule has 5 atom stereocenters. The second-order valence-electron chi connectivity index (χ2n) is 3.60. The molecule has 0 amide bonds. The van der Waals surface area contributed by atoms with E-state index in [0.717, 1.165) is 0 Å². The number of carbonyl (C=O) groups is 1. The SMILES string of the molecule is COC1C(Cl)CC(C(C)=O)C(O)C1Cl. The van der Waals surface area contributed by atoms with Gasteiger partial charge in [0.25, 0.3) is 0 Å². The zero-order valence-corrected chi connectivity index (χ0v) is 9.63. The van der Waals surface area contributed by atoms with Crippen LogP contribution in [0.1, 0.15) is 13.3 Å². The van der Waals surface area contributed by atoms with Crippen LogP contribution >= 0.6 is 23.2 Å². The van der Waals surface area contributed by atoms with Crippen molar-refractivity contribution in [2.24, 2.45) is 5.92 Å². The fraction of sp³-hybridized carbons (Fsp3) is 0.889. The van der Waals surface area contributed by atoms with Crippen LogP contribution in [-0.2, 0) is 9.53 Å². The van der Waals surface area contributed by atoms with Gasteiger partial charge in [-0.25, -0.2) is 0 Å². The fourth-order valence-corrected chi connectivity index (χ4v) is 2.80. The molecule has 82 valence electrons. The van der Waals surface area contributed by atoms with E-state index in [1.54, 1.807) is 0 Å². The van der Waals surface area contributed by atoms with Gasteiger partial charge in [-0.2, -0.15) is 0 Å². The third-order valence-corrected chi connectivity index (χ3v) is 3.62. The number of hydrogen-bond acceptors (Lipinski definition) is 3. The van der Waals surface area contributed by atoms with Gasteiger partial charge < -0.3 is 9.84 Å². The molecule has 0 spiro atoms. The summed E-state index contributed by atoms with van der Waals surface area (Å²) in [4.78, 5) is 11.2. The summed E-state index contributed by atoms with van der Waals surface area (Å²) in [5.41, 5.74) is 0. The van der Waals surface area contributed by atoms with Crippen molar-refractivity contribution in [2.75, 3.05) is 7.11 Å². The van der Waals surface area contributed by atoms with Crippen molar-refractivity contribution in [2.45, 2.75) is 36.3 Å². The normalized spacial score (nSPS) is 43.6. The number of methoxy groups -OCH3 is 1. The predicted molar refractivity (Wildman–Crippen MR) is 54.9 cm³/mol. The van der Waals surface area contributed by atoms with Crippen molar-refractivity contribution in [3.05, 3.63) is 0 Å². The number of ketones is 1. The van der Waals surface area contributed by atoms with E-state index in [4.69, 9.17) is 27.9 Å². The van der Waals surface area contributed by atoms with Crippen LogP contribution < -0.4 is 0 Å². The first-order valence-electron chi connectivity index (χ1n) is 4.48. The molecular weight excluding hydrogens is 227 g/mol. The second kappa shape index (κ2) is 4.79. The average Bonchev–Trinajstić information content (AvgIpc) is 2.12. The average molecular weight is 241 g/mol. The number of aliphatic hydroxyl groups excluding tert-OH is 1. The number of ether oxygens (including phenoxy) is 1. The first kappa shape index (κ1) is 12.2. The Hall–Kier alpha value is 0.170. The summed E-state index contributed by atoms with van der Waals surface area (Å²) >= 11 is 12.0. The summed E-state index contributed by atoms with van der Waals surface area (Å²) in [6.07, 6.45) is -0.849. The molecule has 5 heteroatoms. The molecule has 1 aliphatic rings. The molecule has 0 aliphatic heterocycles. The summed E-state index contributed by atoms with van der Waals surface area (Å²) in [6.45, 7) is 1.44. The number of Topliss-reactive ketones (excluding diaryl/α,β-unsaturated/α-hetero) is 1. The van der Waals surface area contributed by atoms with E-state index >= 15 is 0 Å². The highest BCUT2D eigenvalue weighted by Gasteiger charge is 2.44. The van der Waals surface area contributed by atoms with Crippen molar-refractivity contribution in [3.63, 3.8) is 0 Å². The van der Waals surface area contributed by atoms with Crippen molar-refractivity contribution >= 4 is 29.0 Å². The summed E-state index contributed by atoms with van der Waals surface area (Å²) in [5, 5.41) is 8.80. The van der Waals surface area contributed by atoms with Crippen LogP contribution in [-0.4, -0.2) is 41.0 Å². The number of aliphatic hydroxyl groups is 1. The Bertz CT molecular complexity index is 222. The summed E-state index contributed by atoms with van der Waals surface area (Å²) < 4.78 is 5.08. The van der Waals surface area contributed by atoms with Crippen LogP contribution in [0.25, 0.3) is 0 Å². The first-order chi connectivity index (χ1) is 6.49. The van der Waals surface area contributed by atoms with Gasteiger partial charge in [0, 0.05) is 13.0 Å². The highest BCUT2D eigenvalue weighted by Crippen LogP contribution is 2.34. The standard InChI is InChI=1S/C9H14Cl2O3/c1-4(12)5-3-6(10)9(14-2)7(11)8(5)13/h5-9,13H,3H2,1-2H3. The molecule has 1 N–H and O–H groups in total. The molecular formula is C9H14Cl2O3. The Morgan fingerprint density at radius 3 is 2.50 bits per heavy atom. The summed E-state index contributed by atoms with van der Waals surface area (Å²) in [5.74, 6) is -0.547. The molecule has 1 fully saturated rings. The molecule has 1 rings (SSSR count). The Morgan fingerprint density at radius 2 is 2.07 bits per heavy atom. The first-order valence-corrected chi connectivity index (χ1v) is 5.35. The molecule has 0 saturated heterocycles. The quantitative estimate of drug-likeness (QED) is 0.738. The van der Waals surface area contributed by atoms with Gasteiger partial charge in [0.15, 0.2) is 0 Å². The van der Waals surface area contributed by atoms with E-state index < -0.39 is 23.5 Å². The van der Waals surface area contributed by atoms with Gasteiger partial charge in [0.05, 0.1) is 23.0 Å². The zero-order chi connectivity index (χ0) is 10.9. The van der Waals surface area contributed by atoms with Crippen LogP contribution in [0.5, 0.6) is 0 Å². The predicted octanol–water partition coefficient (Wildman–Crippen LogP) is 1.19. The van der Waals surface area contributed by atoms with Gasteiger partial charge in [-0.15, -0.1) is 23.2 Å². The van der Waals surface area contributed by atoms with Crippen LogP contribution in [0, 0.1) is 5.92 Å². The van der Waals surface area contributed by atoms with Crippen molar-refractivity contribution in [1.29, 1.82) is 0 Å². The lowest BCUT2D eigenvalue weighted by atomic mass is 9.82. The van der Waals surface area contributed by atoms with Crippen LogP contribution in [0.4, 0.5) is 0 Å². The highest BCUT2D eigenvalue weighted by atomic mass is 35.5. The van der Waals surface area contributed by atoms with Gasteiger partial charge in [0.2, 0.25) is 0 Å². The lowest BCUT2D eigenvalue weighted by Crippen LogP contribution is -2.51. The fourth-order valence-electron chi connectivity index (χ4n) is 1.82. The van der Waals surface area contributed by atoms with Gasteiger partial charge >= 0.3 is 0 Å². The molecule has 0 aromatic rings. The van der Waals surface area contributed by atoms with Gasteiger partial charge in [-0.05, 0) is 13.3 Å². The molecule has 0 aromatic heterocycles. The van der Waals surface area contributed by atoms with Crippen molar-refractivity contribution in [3.8, 4) is 0 Å². The topological polar surface area (TPSA) is 46.5 Å². The molecule has 0 aromatic carbocycles. The number of halogens is 2. The van der Waals surface area contributed by atoms with Crippen LogP contribution in [0.2, 0.25) is 0 Å². The molecule has 0 bridgehead atoms. The maximum atomic E-state index is 11.2. The minimum Gasteiger partial charge on any atom is -0.391 e. The number of hydrogen-bond donors (Lipinski definition) is 1. The number of carbonyl (C=O) groups excluding carboxylic acids is 1. The van der Waals surface area contributed by atoms with E-state index in [1.807, 2.05) is 0 Å². The van der Waals surface area contributed by atoms with Crippen molar-refractivity contribution < 1.29 is 14.6 Å². The summed E-state index contributed by atoms with van der Waals surface area (Å²) in [7, 11) is 1.50. The maximum Gasteiger partial charge on any atom is 0.135 e. The molecule has 0 heterocycles. The van der Waals surface area contributed by atoms with E-state index in [2.05, 4.69) is 0 Å². The Labute approximate surface area is 93.3 Å². The Balaban J connectivity index is 2.77. The van der Waals surface area contributed by atoms with E-state index in [-0.39, 0.29) is 11.2 Å². The number of alkyl halides is 2. The van der Waals surface area contributed by atoms with Crippen LogP contribution in [0.3, 0.4) is 0 Å². The van der Waals surface area contributed by atoms with E-state index in [1.165, 1.54) is 14.0 Å². The Kier molecular flexibility index (Phi) is 4.19.